The molecule has 0 saturated carbocycles. The summed E-state index contributed by atoms with van der Waals surface area (Å²) < 4.78 is 0. The van der Waals surface area contributed by atoms with E-state index < -0.39 is 5.97 Å². The monoisotopic (exact) mass is 282 g/mol. The Morgan fingerprint density at radius 1 is 1.56 bits per heavy atom. The van der Waals surface area contributed by atoms with Crippen LogP contribution in [0.15, 0.2) is 23.0 Å². The fourth-order valence-corrected chi connectivity index (χ4v) is 2.60. The summed E-state index contributed by atoms with van der Waals surface area (Å²) in [6, 6.07) is 1.38. The van der Waals surface area contributed by atoms with Gasteiger partial charge in [0.15, 0.2) is 0 Å². The Labute approximate surface area is 113 Å². The van der Waals surface area contributed by atoms with E-state index in [0.29, 0.717) is 12.4 Å². The lowest BCUT2D eigenvalue weighted by molar-refractivity contribution is 0.0697. The van der Waals surface area contributed by atoms with E-state index in [0.717, 1.165) is 5.56 Å². The van der Waals surface area contributed by atoms with Crippen molar-refractivity contribution in [3.63, 3.8) is 0 Å². The molecule has 0 aliphatic heterocycles. The normalized spacial score (nSPS) is 10.3. The van der Waals surface area contributed by atoms with Gasteiger partial charge in [-0.25, -0.2) is 9.78 Å². The van der Waals surface area contributed by atoms with Crippen LogP contribution in [-0.4, -0.2) is 16.1 Å². The molecule has 0 aliphatic rings. The van der Waals surface area contributed by atoms with Crippen molar-refractivity contribution in [3.8, 4) is 0 Å². The van der Waals surface area contributed by atoms with Crippen molar-refractivity contribution in [2.45, 2.75) is 13.5 Å². The number of thiophene rings is 1. The third-order valence-electron chi connectivity index (χ3n) is 2.53. The average Bonchev–Trinajstić information content (AvgIpc) is 2.73. The molecule has 2 heterocycles. The molecule has 2 N–H and O–H groups in total. The van der Waals surface area contributed by atoms with Gasteiger partial charge in [-0.3, -0.25) is 0 Å². The van der Waals surface area contributed by atoms with Crippen LogP contribution in [0.4, 0.5) is 5.82 Å². The molecule has 0 amide bonds. The third kappa shape index (κ3) is 2.63. The first-order valence-corrected chi connectivity index (χ1v) is 6.55. The number of aromatic nitrogens is 1. The van der Waals surface area contributed by atoms with Crippen molar-refractivity contribution in [3.05, 3.63) is 44.7 Å². The van der Waals surface area contributed by atoms with Gasteiger partial charge in [0.05, 0.1) is 10.6 Å². The van der Waals surface area contributed by atoms with E-state index in [1.807, 2.05) is 12.3 Å². The van der Waals surface area contributed by atoms with Gasteiger partial charge in [-0.2, -0.15) is 11.3 Å². The van der Waals surface area contributed by atoms with Crippen LogP contribution in [0.5, 0.6) is 0 Å². The zero-order chi connectivity index (χ0) is 13.1. The summed E-state index contributed by atoms with van der Waals surface area (Å²) in [4.78, 5) is 15.0. The summed E-state index contributed by atoms with van der Waals surface area (Å²) in [7, 11) is 0. The van der Waals surface area contributed by atoms with Crippen LogP contribution in [0.2, 0.25) is 5.02 Å². The molecular weight excluding hydrogens is 272 g/mol. The largest absolute Gasteiger partial charge is 0.478 e. The summed E-state index contributed by atoms with van der Waals surface area (Å²) in [6.45, 7) is 2.60. The smallest absolute Gasteiger partial charge is 0.337 e. The molecular formula is C12H11ClN2O2S. The molecule has 0 atom stereocenters. The molecule has 6 heteroatoms. The van der Waals surface area contributed by atoms with Crippen LogP contribution in [-0.2, 0) is 6.54 Å². The van der Waals surface area contributed by atoms with Crippen molar-refractivity contribution < 1.29 is 9.90 Å². The molecule has 2 aromatic heterocycles. The summed E-state index contributed by atoms with van der Waals surface area (Å²) in [6.07, 6.45) is 1.43. The number of anilines is 1. The van der Waals surface area contributed by atoms with Gasteiger partial charge in [0.1, 0.15) is 5.82 Å². The summed E-state index contributed by atoms with van der Waals surface area (Å²) in [5.41, 5.74) is 2.40. The Bertz CT molecular complexity index is 583. The van der Waals surface area contributed by atoms with Crippen LogP contribution < -0.4 is 5.32 Å². The topological polar surface area (TPSA) is 62.2 Å². The number of rotatable bonds is 4. The van der Waals surface area contributed by atoms with Crippen molar-refractivity contribution in [1.29, 1.82) is 0 Å². The van der Waals surface area contributed by atoms with E-state index in [-0.39, 0.29) is 10.6 Å². The molecule has 4 nitrogen and oxygen atoms in total. The molecule has 0 saturated heterocycles. The molecule has 18 heavy (non-hydrogen) atoms. The first kappa shape index (κ1) is 12.9. The van der Waals surface area contributed by atoms with Crippen molar-refractivity contribution in [1.82, 2.24) is 4.98 Å². The van der Waals surface area contributed by atoms with Crippen molar-refractivity contribution in [2.24, 2.45) is 0 Å². The average molecular weight is 283 g/mol. The van der Waals surface area contributed by atoms with Gasteiger partial charge in [-0.15, -0.1) is 0 Å². The zero-order valence-electron chi connectivity index (χ0n) is 9.61. The number of hydrogen-bond donors (Lipinski definition) is 2. The van der Waals surface area contributed by atoms with Crippen LogP contribution in [0.3, 0.4) is 0 Å². The number of aryl methyl sites for hydroxylation is 1. The van der Waals surface area contributed by atoms with E-state index in [9.17, 15) is 4.79 Å². The maximum Gasteiger partial charge on any atom is 0.337 e. The van der Waals surface area contributed by atoms with E-state index in [2.05, 4.69) is 15.7 Å². The number of hydrogen-bond acceptors (Lipinski definition) is 4. The lowest BCUT2D eigenvalue weighted by atomic mass is 10.2. The minimum absolute atomic E-state index is 0.0520. The number of nitrogens with zero attached hydrogens (tertiary/aromatic N) is 1. The van der Waals surface area contributed by atoms with E-state index in [1.165, 1.54) is 17.8 Å². The highest BCUT2D eigenvalue weighted by atomic mass is 35.5. The first-order valence-electron chi connectivity index (χ1n) is 5.23. The van der Waals surface area contributed by atoms with Crippen LogP contribution >= 0.6 is 22.9 Å². The molecule has 0 aromatic carbocycles. The standard InChI is InChI=1S/C12H11ClN2O2S/c1-7-5-18-6-8(7)4-15-11-10(13)9(12(16)17)2-3-14-11/h2-3,5-6H,4H2,1H3,(H,14,15)(H,16,17). The quantitative estimate of drug-likeness (QED) is 0.902. The van der Waals surface area contributed by atoms with Crippen molar-refractivity contribution in [2.75, 3.05) is 5.32 Å². The Morgan fingerprint density at radius 2 is 2.33 bits per heavy atom. The maximum atomic E-state index is 10.9. The first-order chi connectivity index (χ1) is 8.59. The van der Waals surface area contributed by atoms with Gasteiger partial charge < -0.3 is 10.4 Å². The fraction of sp³-hybridized carbons (Fsp3) is 0.167. The lowest BCUT2D eigenvalue weighted by Gasteiger charge is -2.08. The second kappa shape index (κ2) is 5.37. The molecule has 0 unspecified atom stereocenters. The zero-order valence-corrected chi connectivity index (χ0v) is 11.2. The van der Waals surface area contributed by atoms with Gasteiger partial charge >= 0.3 is 5.97 Å². The molecule has 0 aliphatic carbocycles. The molecule has 2 rings (SSSR count). The lowest BCUT2D eigenvalue weighted by Crippen LogP contribution is -2.05. The second-order valence-electron chi connectivity index (χ2n) is 3.76. The minimum Gasteiger partial charge on any atom is -0.478 e. The molecule has 0 spiro atoms. The van der Waals surface area contributed by atoms with Crippen molar-refractivity contribution >= 4 is 34.7 Å². The minimum atomic E-state index is -1.06. The summed E-state index contributed by atoms with van der Waals surface area (Å²) in [5.74, 6) is -0.667. The molecule has 0 bridgehead atoms. The maximum absolute atomic E-state index is 10.9. The number of carboxylic acids is 1. The van der Waals surface area contributed by atoms with E-state index in [1.54, 1.807) is 11.3 Å². The summed E-state index contributed by atoms with van der Waals surface area (Å²) in [5, 5.41) is 16.2. The molecule has 2 aromatic rings. The number of pyridine rings is 1. The van der Waals surface area contributed by atoms with Gasteiger partial charge in [0.25, 0.3) is 0 Å². The molecule has 0 fully saturated rings. The van der Waals surface area contributed by atoms with E-state index in [4.69, 9.17) is 16.7 Å². The van der Waals surface area contributed by atoms with E-state index >= 15 is 0 Å². The number of carbonyl (C=O) groups is 1. The Balaban J connectivity index is 2.17. The highest BCUT2D eigenvalue weighted by Gasteiger charge is 2.13. The number of aromatic carboxylic acids is 1. The highest BCUT2D eigenvalue weighted by molar-refractivity contribution is 7.08. The van der Waals surface area contributed by atoms with Gasteiger partial charge in [0.2, 0.25) is 0 Å². The summed E-state index contributed by atoms with van der Waals surface area (Å²) >= 11 is 7.61. The third-order valence-corrected chi connectivity index (χ3v) is 3.82. The van der Waals surface area contributed by atoms with Crippen LogP contribution in [0, 0.1) is 6.92 Å². The SMILES string of the molecule is Cc1cscc1CNc1nccc(C(=O)O)c1Cl. The van der Waals surface area contributed by atoms with Gasteiger partial charge in [-0.05, 0) is 34.9 Å². The number of carboxylic acid groups (broad SMARTS) is 1. The second-order valence-corrected chi connectivity index (χ2v) is 4.88. The van der Waals surface area contributed by atoms with Crippen LogP contribution in [0.1, 0.15) is 21.5 Å². The predicted molar refractivity (Wildman–Crippen MR) is 72.6 cm³/mol. The fourth-order valence-electron chi connectivity index (χ4n) is 1.48. The highest BCUT2D eigenvalue weighted by Crippen LogP contribution is 2.24. The Hall–Kier alpha value is -1.59. The Morgan fingerprint density at radius 3 is 2.94 bits per heavy atom. The number of nitrogens with one attached hydrogen (secondary N) is 1. The number of halogens is 1. The van der Waals surface area contributed by atoms with Crippen LogP contribution in [0.25, 0.3) is 0 Å². The van der Waals surface area contributed by atoms with Gasteiger partial charge in [-0.1, -0.05) is 11.6 Å². The molecule has 0 radical (unpaired) electrons. The molecule has 94 valence electrons. The van der Waals surface area contributed by atoms with Gasteiger partial charge in [0, 0.05) is 12.7 Å². The predicted octanol–water partition coefficient (Wildman–Crippen LogP) is 3.42. The Kier molecular flexibility index (Phi) is 3.84.